The minimum Gasteiger partial charge on any atom is -0.330 e. The van der Waals surface area contributed by atoms with E-state index in [0.29, 0.717) is 0 Å². The lowest BCUT2D eigenvalue weighted by Crippen LogP contribution is -1.97. The highest BCUT2D eigenvalue weighted by Crippen LogP contribution is 2.12. The van der Waals surface area contributed by atoms with Gasteiger partial charge in [0.05, 0.1) is 0 Å². The number of hydrogen-bond donors (Lipinski definition) is 1. The van der Waals surface area contributed by atoms with Crippen molar-refractivity contribution < 1.29 is 0 Å². The van der Waals surface area contributed by atoms with Gasteiger partial charge in [0.2, 0.25) is 0 Å². The van der Waals surface area contributed by atoms with E-state index in [2.05, 4.69) is 15.9 Å². The van der Waals surface area contributed by atoms with Gasteiger partial charge in [-0.25, -0.2) is 0 Å². The van der Waals surface area contributed by atoms with Gasteiger partial charge in [0.25, 0.3) is 0 Å². The van der Waals surface area contributed by atoms with Crippen molar-refractivity contribution in [3.8, 4) is 0 Å². The topological polar surface area (TPSA) is 26.0 Å². The molecule has 0 saturated heterocycles. The van der Waals surface area contributed by atoms with Crippen LogP contribution in [0.1, 0.15) is 89.9 Å². The highest BCUT2D eigenvalue weighted by atomic mass is 79.9. The van der Waals surface area contributed by atoms with Gasteiger partial charge in [0.15, 0.2) is 0 Å². The van der Waals surface area contributed by atoms with Gasteiger partial charge in [-0.15, -0.1) is 17.0 Å². The zero-order valence-electron chi connectivity index (χ0n) is 12.7. The molecule has 0 aromatic heterocycles. The van der Waals surface area contributed by atoms with Gasteiger partial charge < -0.3 is 5.73 Å². The molecule has 1 nitrogen and oxygen atoms in total. The first-order valence-electron chi connectivity index (χ1n) is 8.18. The molecule has 0 aliphatic carbocycles. The van der Waals surface area contributed by atoms with Gasteiger partial charge in [0, 0.05) is 5.33 Å². The van der Waals surface area contributed by atoms with E-state index < -0.39 is 0 Å². The van der Waals surface area contributed by atoms with Gasteiger partial charge in [-0.3, -0.25) is 0 Å². The van der Waals surface area contributed by atoms with Crippen LogP contribution < -0.4 is 5.73 Å². The molecule has 0 fully saturated rings. The summed E-state index contributed by atoms with van der Waals surface area (Å²) in [6.45, 7) is 0.871. The van der Waals surface area contributed by atoms with Crippen LogP contribution in [0.5, 0.6) is 0 Å². The molecule has 0 rings (SSSR count). The lowest BCUT2D eigenvalue weighted by Gasteiger charge is -2.02. The Morgan fingerprint density at radius 1 is 0.474 bits per heavy atom. The molecule has 118 valence electrons. The molecule has 0 radical (unpaired) electrons. The van der Waals surface area contributed by atoms with Crippen LogP contribution in [0, 0.1) is 0 Å². The fraction of sp³-hybridized carbons (Fsp3) is 1.00. The number of alkyl halides is 1. The van der Waals surface area contributed by atoms with Gasteiger partial charge in [-0.05, 0) is 19.4 Å². The van der Waals surface area contributed by atoms with Gasteiger partial charge in [-0.1, -0.05) is 93.0 Å². The third-order valence-corrected chi connectivity index (χ3v) is 4.15. The first-order chi connectivity index (χ1) is 8.91. The first-order valence-corrected chi connectivity index (χ1v) is 9.30. The van der Waals surface area contributed by atoms with Crippen LogP contribution in [0.15, 0.2) is 0 Å². The van der Waals surface area contributed by atoms with E-state index in [9.17, 15) is 0 Å². The third kappa shape index (κ3) is 21.4. The number of hydrogen-bond acceptors (Lipinski definition) is 1. The van der Waals surface area contributed by atoms with Crippen LogP contribution in [-0.2, 0) is 0 Å². The zero-order chi connectivity index (χ0) is 13.3. The summed E-state index contributed by atoms with van der Waals surface area (Å²) in [6, 6.07) is 0. The summed E-state index contributed by atoms with van der Waals surface area (Å²) in [6.07, 6.45) is 19.7. The molecule has 0 amide bonds. The SMILES string of the molecule is Br.NCCCCCCCCCCCCCCCCBr. The second-order valence-electron chi connectivity index (χ2n) is 5.43. The minimum absolute atomic E-state index is 0. The largest absolute Gasteiger partial charge is 0.330 e. The summed E-state index contributed by atoms with van der Waals surface area (Å²) in [7, 11) is 0. The second-order valence-corrected chi connectivity index (χ2v) is 6.22. The number of unbranched alkanes of at least 4 members (excludes halogenated alkanes) is 13. The molecular formula is C16H35Br2N. The monoisotopic (exact) mass is 399 g/mol. The maximum atomic E-state index is 5.47. The zero-order valence-corrected chi connectivity index (χ0v) is 16.0. The van der Waals surface area contributed by atoms with Gasteiger partial charge >= 0.3 is 0 Å². The van der Waals surface area contributed by atoms with Crippen molar-refractivity contribution >= 4 is 32.9 Å². The molecule has 19 heavy (non-hydrogen) atoms. The minimum atomic E-state index is 0. The third-order valence-electron chi connectivity index (χ3n) is 3.59. The van der Waals surface area contributed by atoms with E-state index in [1.54, 1.807) is 0 Å². The fourth-order valence-corrected chi connectivity index (χ4v) is 2.76. The van der Waals surface area contributed by atoms with Crippen molar-refractivity contribution in [3.63, 3.8) is 0 Å². The Morgan fingerprint density at radius 3 is 1.00 bits per heavy atom. The molecule has 0 heterocycles. The summed E-state index contributed by atoms with van der Waals surface area (Å²) in [5.41, 5.74) is 5.47. The molecule has 0 spiro atoms. The predicted molar refractivity (Wildman–Crippen MR) is 97.8 cm³/mol. The Hall–Kier alpha value is 0.920. The Labute approximate surface area is 140 Å². The highest BCUT2D eigenvalue weighted by molar-refractivity contribution is 9.09. The van der Waals surface area contributed by atoms with Crippen molar-refractivity contribution in [2.24, 2.45) is 5.73 Å². The van der Waals surface area contributed by atoms with Gasteiger partial charge in [0.1, 0.15) is 0 Å². The van der Waals surface area contributed by atoms with Gasteiger partial charge in [-0.2, -0.15) is 0 Å². The van der Waals surface area contributed by atoms with Crippen LogP contribution in [0.3, 0.4) is 0 Å². The maximum Gasteiger partial charge on any atom is 0.00313 e. The Kier molecular flexibility index (Phi) is 24.8. The van der Waals surface area contributed by atoms with Crippen LogP contribution in [-0.4, -0.2) is 11.9 Å². The van der Waals surface area contributed by atoms with Crippen LogP contribution >= 0.6 is 32.9 Å². The summed E-state index contributed by atoms with van der Waals surface area (Å²) < 4.78 is 0. The molecule has 0 atom stereocenters. The van der Waals surface area contributed by atoms with Crippen LogP contribution in [0.4, 0.5) is 0 Å². The lowest BCUT2D eigenvalue weighted by molar-refractivity contribution is 0.537. The van der Waals surface area contributed by atoms with Crippen molar-refractivity contribution in [1.82, 2.24) is 0 Å². The molecule has 2 N–H and O–H groups in total. The van der Waals surface area contributed by atoms with E-state index in [1.807, 2.05) is 0 Å². The Morgan fingerprint density at radius 2 is 0.737 bits per heavy atom. The second kappa shape index (κ2) is 21.2. The molecular weight excluding hydrogens is 366 g/mol. The maximum absolute atomic E-state index is 5.47. The molecule has 0 unspecified atom stereocenters. The van der Waals surface area contributed by atoms with Crippen molar-refractivity contribution in [3.05, 3.63) is 0 Å². The summed E-state index contributed by atoms with van der Waals surface area (Å²) in [5, 5.41) is 1.18. The predicted octanol–water partition coefficient (Wildman–Crippen LogP) is 6.38. The van der Waals surface area contributed by atoms with Crippen molar-refractivity contribution in [2.45, 2.75) is 89.9 Å². The highest BCUT2D eigenvalue weighted by Gasteiger charge is 1.93. The standard InChI is InChI=1S/C16H34BrN.BrH/c17-15-13-11-9-7-5-3-1-2-4-6-8-10-12-14-16-18;/h1-16,18H2;1H. The number of nitrogens with two attached hydrogens (primary N) is 1. The fourth-order valence-electron chi connectivity index (χ4n) is 2.36. The molecule has 0 aliphatic heterocycles. The number of halogens is 2. The molecule has 0 aromatic rings. The van der Waals surface area contributed by atoms with Crippen molar-refractivity contribution in [1.29, 1.82) is 0 Å². The van der Waals surface area contributed by atoms with E-state index in [0.717, 1.165) is 6.54 Å². The van der Waals surface area contributed by atoms with E-state index in [-0.39, 0.29) is 17.0 Å². The van der Waals surface area contributed by atoms with Crippen molar-refractivity contribution in [2.75, 3.05) is 11.9 Å². The van der Waals surface area contributed by atoms with Crippen LogP contribution in [0.2, 0.25) is 0 Å². The molecule has 0 saturated carbocycles. The quantitative estimate of drug-likeness (QED) is 0.250. The summed E-state index contributed by atoms with van der Waals surface area (Å²) in [5.74, 6) is 0. The number of rotatable bonds is 15. The summed E-state index contributed by atoms with van der Waals surface area (Å²) >= 11 is 3.48. The first kappa shape index (κ1) is 22.2. The Balaban J connectivity index is 0. The molecule has 0 bridgehead atoms. The molecule has 0 aromatic carbocycles. The normalized spacial score (nSPS) is 10.4. The smallest absolute Gasteiger partial charge is 0.00313 e. The van der Waals surface area contributed by atoms with E-state index in [1.165, 1.54) is 95.2 Å². The van der Waals surface area contributed by atoms with E-state index in [4.69, 9.17) is 5.73 Å². The molecule has 0 aliphatic rings. The summed E-state index contributed by atoms with van der Waals surface area (Å²) in [4.78, 5) is 0. The average Bonchev–Trinajstić information content (AvgIpc) is 2.39. The Bertz CT molecular complexity index is 127. The van der Waals surface area contributed by atoms with E-state index >= 15 is 0 Å². The molecule has 3 heteroatoms. The van der Waals surface area contributed by atoms with Crippen LogP contribution in [0.25, 0.3) is 0 Å². The average molecular weight is 401 g/mol. The lowest BCUT2D eigenvalue weighted by atomic mass is 10.0.